The minimum Gasteiger partial charge on any atom is -0.444 e. The predicted octanol–water partition coefficient (Wildman–Crippen LogP) is 7.43. The molecule has 2 aromatic carbocycles. The highest BCUT2D eigenvalue weighted by atomic mass is 35.5. The molecule has 4 rings (SSSR count). The number of carbonyl (C=O) groups excluding carboxylic acids is 1. The zero-order chi connectivity index (χ0) is 28.4. The van der Waals surface area contributed by atoms with E-state index in [0.29, 0.717) is 28.3 Å². The van der Waals surface area contributed by atoms with Crippen LogP contribution >= 0.6 is 11.6 Å². The van der Waals surface area contributed by atoms with Gasteiger partial charge in [-0.25, -0.2) is 14.8 Å². The molecule has 39 heavy (non-hydrogen) atoms. The summed E-state index contributed by atoms with van der Waals surface area (Å²) in [6.07, 6.45) is -1.02. The SMILES string of the molecule is Cn1cc(Nc2cc(C(F)(F)F)ccc2-c2cncnc2Oc2cccc(NC(=O)OC(C)(C)C)c2)c(Cl)n1. The number of aromatic nitrogens is 4. The number of ether oxygens (including phenoxy) is 2. The molecule has 0 bridgehead atoms. The molecule has 2 aromatic heterocycles. The monoisotopic (exact) mass is 560 g/mol. The van der Waals surface area contributed by atoms with Crippen molar-refractivity contribution in [1.29, 1.82) is 0 Å². The van der Waals surface area contributed by atoms with Crippen molar-refractivity contribution in [2.45, 2.75) is 32.5 Å². The molecule has 0 aliphatic carbocycles. The van der Waals surface area contributed by atoms with Gasteiger partial charge >= 0.3 is 12.3 Å². The third-order valence-electron chi connectivity index (χ3n) is 5.06. The van der Waals surface area contributed by atoms with Crippen LogP contribution in [0.1, 0.15) is 26.3 Å². The number of nitrogens with zero attached hydrogens (tertiary/aromatic N) is 4. The maximum Gasteiger partial charge on any atom is 0.416 e. The lowest BCUT2D eigenvalue weighted by molar-refractivity contribution is -0.137. The summed E-state index contributed by atoms with van der Waals surface area (Å²) in [4.78, 5) is 20.4. The van der Waals surface area contributed by atoms with Crippen LogP contribution in [0.4, 0.5) is 35.0 Å². The molecule has 4 aromatic rings. The van der Waals surface area contributed by atoms with E-state index in [1.807, 2.05) is 0 Å². The quantitative estimate of drug-likeness (QED) is 0.253. The molecule has 0 aliphatic heterocycles. The van der Waals surface area contributed by atoms with Crippen molar-refractivity contribution < 1.29 is 27.4 Å². The normalized spacial score (nSPS) is 11.7. The number of amides is 1. The van der Waals surface area contributed by atoms with E-state index in [4.69, 9.17) is 21.1 Å². The van der Waals surface area contributed by atoms with Gasteiger partial charge in [0.1, 0.15) is 17.7 Å². The third-order valence-corrected chi connectivity index (χ3v) is 5.34. The Morgan fingerprint density at radius 2 is 1.82 bits per heavy atom. The van der Waals surface area contributed by atoms with Gasteiger partial charge in [-0.1, -0.05) is 23.7 Å². The first kappa shape index (κ1) is 27.7. The summed E-state index contributed by atoms with van der Waals surface area (Å²) in [6.45, 7) is 5.24. The second-order valence-electron chi connectivity index (χ2n) is 9.39. The Labute approximate surface area is 226 Å². The van der Waals surface area contributed by atoms with Crippen molar-refractivity contribution in [2.24, 2.45) is 7.05 Å². The van der Waals surface area contributed by atoms with Gasteiger partial charge in [0.25, 0.3) is 0 Å². The van der Waals surface area contributed by atoms with Crippen LogP contribution in [0.15, 0.2) is 61.2 Å². The molecule has 2 N–H and O–H groups in total. The number of carbonyl (C=O) groups is 1. The molecule has 0 spiro atoms. The summed E-state index contributed by atoms with van der Waals surface area (Å²) >= 11 is 6.14. The highest BCUT2D eigenvalue weighted by Gasteiger charge is 2.31. The minimum absolute atomic E-state index is 0.0690. The van der Waals surface area contributed by atoms with E-state index in [2.05, 4.69) is 25.7 Å². The zero-order valence-electron chi connectivity index (χ0n) is 21.3. The molecule has 9 nitrogen and oxygen atoms in total. The van der Waals surface area contributed by atoms with E-state index >= 15 is 0 Å². The number of rotatable bonds is 6. The number of alkyl halides is 3. The van der Waals surface area contributed by atoms with Crippen molar-refractivity contribution in [2.75, 3.05) is 10.6 Å². The van der Waals surface area contributed by atoms with Gasteiger partial charge in [0.05, 0.1) is 16.8 Å². The molecule has 0 aliphatic rings. The first-order chi connectivity index (χ1) is 18.3. The van der Waals surface area contributed by atoms with Crippen molar-refractivity contribution in [1.82, 2.24) is 19.7 Å². The van der Waals surface area contributed by atoms with Crippen LogP contribution in [0, 0.1) is 0 Å². The topological polar surface area (TPSA) is 103 Å². The molecule has 0 fully saturated rings. The van der Waals surface area contributed by atoms with Gasteiger partial charge in [-0.3, -0.25) is 10.00 Å². The van der Waals surface area contributed by atoms with Gasteiger partial charge in [0.2, 0.25) is 5.88 Å². The number of nitrogens with one attached hydrogen (secondary N) is 2. The highest BCUT2D eigenvalue weighted by molar-refractivity contribution is 6.32. The number of hydrogen-bond acceptors (Lipinski definition) is 7. The Bertz CT molecular complexity index is 1500. The average molecular weight is 561 g/mol. The number of halogens is 4. The number of benzene rings is 2. The molecular formula is C26H24ClF3N6O3. The summed E-state index contributed by atoms with van der Waals surface area (Å²) in [5.41, 5.74) is -0.128. The fourth-order valence-electron chi connectivity index (χ4n) is 3.50. The maximum atomic E-state index is 13.6. The minimum atomic E-state index is -4.58. The van der Waals surface area contributed by atoms with E-state index in [9.17, 15) is 18.0 Å². The maximum absolute atomic E-state index is 13.6. The Hall–Kier alpha value is -4.32. The first-order valence-corrected chi connectivity index (χ1v) is 11.9. The van der Waals surface area contributed by atoms with E-state index < -0.39 is 23.4 Å². The summed E-state index contributed by atoms with van der Waals surface area (Å²) in [6, 6.07) is 9.69. The number of aryl methyl sites for hydroxylation is 1. The van der Waals surface area contributed by atoms with Gasteiger partial charge in [-0.15, -0.1) is 0 Å². The Morgan fingerprint density at radius 3 is 2.49 bits per heavy atom. The van der Waals surface area contributed by atoms with Crippen LogP contribution in [0.5, 0.6) is 11.6 Å². The Balaban J connectivity index is 1.69. The predicted molar refractivity (Wildman–Crippen MR) is 140 cm³/mol. The lowest BCUT2D eigenvalue weighted by Gasteiger charge is -2.20. The molecule has 2 heterocycles. The molecule has 13 heteroatoms. The van der Waals surface area contributed by atoms with Crippen LogP contribution in [0.3, 0.4) is 0 Å². The summed E-state index contributed by atoms with van der Waals surface area (Å²) in [5, 5.41) is 9.64. The van der Waals surface area contributed by atoms with Crippen LogP contribution < -0.4 is 15.4 Å². The van der Waals surface area contributed by atoms with Crippen molar-refractivity contribution in [3.63, 3.8) is 0 Å². The van der Waals surface area contributed by atoms with Crippen molar-refractivity contribution in [3.05, 3.63) is 71.9 Å². The third kappa shape index (κ3) is 7.17. The first-order valence-electron chi connectivity index (χ1n) is 11.5. The summed E-state index contributed by atoms with van der Waals surface area (Å²) in [5.74, 6) is 0.375. The van der Waals surface area contributed by atoms with E-state index in [1.54, 1.807) is 52.1 Å². The zero-order valence-corrected chi connectivity index (χ0v) is 22.1. The molecule has 1 amide bonds. The van der Waals surface area contributed by atoms with Crippen molar-refractivity contribution >= 4 is 34.8 Å². The standard InChI is InChI=1S/C26H24ClF3N6O3/c1-25(2,3)39-24(37)33-16-6-5-7-17(11-16)38-23-19(12-31-14-32-23)18-9-8-15(26(28,29)30)10-20(18)34-21-13-36(4)35-22(21)27/h5-14,34H,1-4H3,(H,33,37). The summed E-state index contributed by atoms with van der Waals surface area (Å²) in [7, 11) is 1.63. The summed E-state index contributed by atoms with van der Waals surface area (Å²) < 4.78 is 53.3. The molecular weight excluding hydrogens is 537 g/mol. The van der Waals surface area contributed by atoms with Crippen LogP contribution in [-0.4, -0.2) is 31.4 Å². The van der Waals surface area contributed by atoms with Crippen LogP contribution in [-0.2, 0) is 18.0 Å². The second-order valence-corrected chi connectivity index (χ2v) is 9.75. The fraction of sp³-hybridized carbons (Fsp3) is 0.231. The smallest absolute Gasteiger partial charge is 0.416 e. The van der Waals surface area contributed by atoms with Crippen LogP contribution in [0.25, 0.3) is 11.1 Å². The van der Waals surface area contributed by atoms with Gasteiger partial charge in [-0.05, 0) is 45.0 Å². The fourth-order valence-corrected chi connectivity index (χ4v) is 3.72. The van der Waals surface area contributed by atoms with Gasteiger partial charge in [0.15, 0.2) is 5.15 Å². The van der Waals surface area contributed by atoms with Gasteiger partial charge < -0.3 is 14.8 Å². The van der Waals surface area contributed by atoms with Gasteiger partial charge in [-0.2, -0.15) is 18.3 Å². The van der Waals surface area contributed by atoms with Gasteiger partial charge in [0, 0.05) is 42.4 Å². The highest BCUT2D eigenvalue weighted by Crippen LogP contribution is 2.41. The number of anilines is 3. The number of hydrogen-bond donors (Lipinski definition) is 2. The lowest BCUT2D eigenvalue weighted by Crippen LogP contribution is -2.27. The molecule has 0 atom stereocenters. The Kier molecular flexibility index (Phi) is 7.68. The van der Waals surface area contributed by atoms with Crippen molar-refractivity contribution in [3.8, 4) is 22.8 Å². The van der Waals surface area contributed by atoms with Crippen LogP contribution in [0.2, 0.25) is 5.15 Å². The molecule has 0 saturated heterocycles. The second kappa shape index (κ2) is 10.8. The lowest BCUT2D eigenvalue weighted by atomic mass is 10.0. The largest absolute Gasteiger partial charge is 0.444 e. The van der Waals surface area contributed by atoms with E-state index in [1.165, 1.54) is 29.5 Å². The average Bonchev–Trinajstić information content (AvgIpc) is 3.14. The molecule has 0 saturated carbocycles. The Morgan fingerprint density at radius 1 is 1.05 bits per heavy atom. The molecule has 204 valence electrons. The molecule has 0 unspecified atom stereocenters. The van der Waals surface area contributed by atoms with E-state index in [-0.39, 0.29) is 16.7 Å². The van der Waals surface area contributed by atoms with E-state index in [0.717, 1.165) is 12.1 Å². The molecule has 0 radical (unpaired) electrons.